The highest BCUT2D eigenvalue weighted by molar-refractivity contribution is 5.85. The maximum absolute atomic E-state index is 12.0. The van der Waals surface area contributed by atoms with E-state index in [0.29, 0.717) is 31.7 Å². The highest BCUT2D eigenvalue weighted by atomic mass is 16.5. The Bertz CT molecular complexity index is 753. The molecule has 0 aliphatic heterocycles. The Labute approximate surface area is 142 Å². The number of rotatable bonds is 8. The van der Waals surface area contributed by atoms with Gasteiger partial charge in [0, 0.05) is 38.0 Å². The Morgan fingerprint density at radius 2 is 2.04 bits per heavy atom. The fraction of sp³-hybridized carbons (Fsp3) is 0.444. The summed E-state index contributed by atoms with van der Waals surface area (Å²) in [6, 6.07) is 9.13. The fourth-order valence-electron chi connectivity index (χ4n) is 2.42. The Morgan fingerprint density at radius 1 is 1.29 bits per heavy atom. The van der Waals surface area contributed by atoms with E-state index in [0.717, 1.165) is 17.4 Å². The number of hydrogen-bond acceptors (Lipinski definition) is 4. The van der Waals surface area contributed by atoms with Crippen LogP contribution in [0.3, 0.4) is 0 Å². The van der Waals surface area contributed by atoms with Crippen molar-refractivity contribution in [2.75, 3.05) is 33.8 Å². The summed E-state index contributed by atoms with van der Waals surface area (Å²) in [5.74, 6) is 0.594. The first-order valence-corrected chi connectivity index (χ1v) is 8.12. The van der Waals surface area contributed by atoms with Crippen LogP contribution in [0.15, 0.2) is 35.1 Å². The molecular weight excluding hydrogens is 306 g/mol. The van der Waals surface area contributed by atoms with E-state index in [9.17, 15) is 9.59 Å². The second-order valence-corrected chi connectivity index (χ2v) is 6.03. The van der Waals surface area contributed by atoms with Gasteiger partial charge >= 0.3 is 0 Å². The lowest BCUT2D eigenvalue weighted by molar-refractivity contribution is -0.121. The number of carbonyl (C=O) groups is 1. The third kappa shape index (κ3) is 4.83. The van der Waals surface area contributed by atoms with Gasteiger partial charge in [0.1, 0.15) is 5.75 Å². The monoisotopic (exact) mass is 331 g/mol. The first-order valence-electron chi connectivity index (χ1n) is 8.12. The molecule has 0 spiro atoms. The lowest BCUT2D eigenvalue weighted by atomic mass is 10.2. The molecule has 1 N–H and O–H groups in total. The molecule has 2 rings (SSSR count). The number of aryl methyl sites for hydroxylation is 1. The van der Waals surface area contributed by atoms with E-state index in [2.05, 4.69) is 5.32 Å². The van der Waals surface area contributed by atoms with Gasteiger partial charge in [-0.05, 0) is 32.6 Å². The molecular formula is C18H25N3O3. The number of fused-ring (bicyclic) bond motifs is 1. The van der Waals surface area contributed by atoms with Crippen molar-refractivity contribution >= 4 is 16.8 Å². The van der Waals surface area contributed by atoms with Crippen LogP contribution in [0, 0.1) is 0 Å². The Hall–Kier alpha value is -2.34. The largest absolute Gasteiger partial charge is 0.493 e. The first kappa shape index (κ1) is 18.0. The van der Waals surface area contributed by atoms with Crippen LogP contribution in [-0.4, -0.2) is 49.2 Å². The number of likely N-dealkylation sites (N-methyl/N-ethyl adjacent to an activating group) is 1. The summed E-state index contributed by atoms with van der Waals surface area (Å²) < 4.78 is 7.34. The normalized spacial score (nSPS) is 11.0. The van der Waals surface area contributed by atoms with Gasteiger partial charge in [-0.15, -0.1) is 0 Å². The lowest BCUT2D eigenvalue weighted by Gasteiger charge is -2.12. The summed E-state index contributed by atoms with van der Waals surface area (Å²) in [7, 11) is 5.68. The number of para-hydroxylation sites is 1. The lowest BCUT2D eigenvalue weighted by Crippen LogP contribution is -2.31. The van der Waals surface area contributed by atoms with Gasteiger partial charge in [0.25, 0.3) is 5.56 Å². The molecule has 0 aliphatic carbocycles. The molecule has 6 nitrogen and oxygen atoms in total. The van der Waals surface area contributed by atoms with Gasteiger partial charge in [-0.3, -0.25) is 9.59 Å². The van der Waals surface area contributed by atoms with Crippen LogP contribution in [0.1, 0.15) is 12.8 Å². The zero-order valence-electron chi connectivity index (χ0n) is 14.5. The molecule has 1 aromatic carbocycles. The minimum absolute atomic E-state index is 0.0225. The van der Waals surface area contributed by atoms with Crippen LogP contribution in [0.25, 0.3) is 10.9 Å². The molecule has 0 fully saturated rings. The molecule has 0 atom stereocenters. The summed E-state index contributed by atoms with van der Waals surface area (Å²) in [5, 5.41) is 3.77. The molecule has 1 heterocycles. The third-order valence-corrected chi connectivity index (χ3v) is 3.80. The average Bonchev–Trinajstić information content (AvgIpc) is 2.55. The minimum atomic E-state index is -0.106. The molecule has 24 heavy (non-hydrogen) atoms. The van der Waals surface area contributed by atoms with Crippen LogP contribution in [0.5, 0.6) is 5.75 Å². The van der Waals surface area contributed by atoms with Crippen LogP contribution < -0.4 is 15.6 Å². The van der Waals surface area contributed by atoms with Gasteiger partial charge in [-0.25, -0.2) is 0 Å². The molecule has 0 unspecified atom stereocenters. The maximum Gasteiger partial charge on any atom is 0.254 e. The average molecular weight is 331 g/mol. The van der Waals surface area contributed by atoms with Gasteiger partial charge in [0.2, 0.25) is 5.91 Å². The van der Waals surface area contributed by atoms with E-state index in [1.807, 2.05) is 43.3 Å². The number of amides is 1. The third-order valence-electron chi connectivity index (χ3n) is 3.80. The van der Waals surface area contributed by atoms with E-state index < -0.39 is 0 Å². The number of ether oxygens (including phenoxy) is 1. The van der Waals surface area contributed by atoms with Gasteiger partial charge in [-0.2, -0.15) is 0 Å². The summed E-state index contributed by atoms with van der Waals surface area (Å²) in [5.41, 5.74) is 0.728. The number of benzene rings is 1. The van der Waals surface area contributed by atoms with Crippen molar-refractivity contribution in [1.82, 2.24) is 14.8 Å². The number of carbonyl (C=O) groups excluding carboxylic acids is 1. The molecule has 0 aliphatic rings. The summed E-state index contributed by atoms with van der Waals surface area (Å²) in [4.78, 5) is 25.7. The van der Waals surface area contributed by atoms with Crippen LogP contribution >= 0.6 is 0 Å². The van der Waals surface area contributed by atoms with E-state index in [1.165, 1.54) is 6.07 Å². The highest BCUT2D eigenvalue weighted by Gasteiger charge is 2.07. The zero-order valence-corrected chi connectivity index (χ0v) is 14.5. The molecule has 0 bridgehead atoms. The number of pyridine rings is 1. The molecule has 0 saturated carbocycles. The van der Waals surface area contributed by atoms with Crippen molar-refractivity contribution < 1.29 is 9.53 Å². The Morgan fingerprint density at radius 3 is 2.79 bits per heavy atom. The number of nitrogens with zero attached hydrogens (tertiary/aromatic N) is 2. The summed E-state index contributed by atoms with van der Waals surface area (Å²) >= 11 is 0. The SMILES string of the molecule is CN(C)CCNC(=O)CCCOc1cc(=O)n(C)c2ccccc12. The Balaban J connectivity index is 1.87. The minimum Gasteiger partial charge on any atom is -0.493 e. The zero-order chi connectivity index (χ0) is 17.5. The van der Waals surface area contributed by atoms with E-state index >= 15 is 0 Å². The van der Waals surface area contributed by atoms with Crippen LogP contribution in [-0.2, 0) is 11.8 Å². The van der Waals surface area contributed by atoms with E-state index in [4.69, 9.17) is 4.74 Å². The van der Waals surface area contributed by atoms with Crippen molar-refractivity contribution in [3.05, 3.63) is 40.7 Å². The topological polar surface area (TPSA) is 63.6 Å². The van der Waals surface area contributed by atoms with E-state index in [1.54, 1.807) is 11.6 Å². The summed E-state index contributed by atoms with van der Waals surface area (Å²) in [6.45, 7) is 1.87. The van der Waals surface area contributed by atoms with Crippen molar-refractivity contribution in [3.63, 3.8) is 0 Å². The van der Waals surface area contributed by atoms with Crippen molar-refractivity contribution in [2.24, 2.45) is 7.05 Å². The highest BCUT2D eigenvalue weighted by Crippen LogP contribution is 2.23. The quantitative estimate of drug-likeness (QED) is 0.742. The Kier molecular flexibility index (Phi) is 6.37. The number of aromatic nitrogens is 1. The van der Waals surface area contributed by atoms with Crippen LogP contribution in [0.4, 0.5) is 0 Å². The molecule has 1 aromatic heterocycles. The van der Waals surface area contributed by atoms with Crippen LogP contribution in [0.2, 0.25) is 0 Å². The molecule has 2 aromatic rings. The molecule has 130 valence electrons. The first-order chi connectivity index (χ1) is 11.5. The molecule has 1 amide bonds. The summed E-state index contributed by atoms with van der Waals surface area (Å²) in [6.07, 6.45) is 1.02. The van der Waals surface area contributed by atoms with Gasteiger partial charge in [0.15, 0.2) is 0 Å². The van der Waals surface area contributed by atoms with Crippen molar-refractivity contribution in [1.29, 1.82) is 0 Å². The molecule has 0 saturated heterocycles. The molecule has 6 heteroatoms. The molecule has 0 radical (unpaired) electrons. The van der Waals surface area contributed by atoms with Gasteiger partial charge in [0.05, 0.1) is 12.1 Å². The van der Waals surface area contributed by atoms with Gasteiger partial charge in [-0.1, -0.05) is 12.1 Å². The van der Waals surface area contributed by atoms with Crippen molar-refractivity contribution in [2.45, 2.75) is 12.8 Å². The van der Waals surface area contributed by atoms with Crippen molar-refractivity contribution in [3.8, 4) is 5.75 Å². The maximum atomic E-state index is 12.0. The fourth-order valence-corrected chi connectivity index (χ4v) is 2.42. The van der Waals surface area contributed by atoms with E-state index in [-0.39, 0.29) is 11.5 Å². The number of nitrogens with one attached hydrogen (secondary N) is 1. The predicted molar refractivity (Wildman–Crippen MR) is 95.5 cm³/mol. The second-order valence-electron chi connectivity index (χ2n) is 6.03. The van der Waals surface area contributed by atoms with Gasteiger partial charge < -0.3 is 19.5 Å². The number of hydrogen-bond donors (Lipinski definition) is 1. The smallest absolute Gasteiger partial charge is 0.254 e. The predicted octanol–water partition coefficient (Wildman–Crippen LogP) is 1.38. The second kappa shape index (κ2) is 8.49. The standard InChI is InChI=1S/C18H25N3O3/c1-20(2)11-10-19-17(22)9-6-12-24-16-13-18(23)21(3)15-8-5-4-7-14(15)16/h4-5,7-8,13H,6,9-12H2,1-3H3,(H,19,22).